The summed E-state index contributed by atoms with van der Waals surface area (Å²) < 4.78 is 4.95. The third-order valence-corrected chi connectivity index (χ3v) is 13.7. The van der Waals surface area contributed by atoms with Crippen LogP contribution in [0.1, 0.15) is 0 Å². The maximum Gasteiger partial charge on any atom is 0.0547 e. The molecule has 0 N–H and O–H groups in total. The van der Waals surface area contributed by atoms with Crippen LogP contribution >= 0.6 is 0 Å². The highest BCUT2D eigenvalue weighted by atomic mass is 15.0. The van der Waals surface area contributed by atoms with Crippen LogP contribution in [-0.2, 0) is 0 Å². The van der Waals surface area contributed by atoms with Crippen molar-refractivity contribution in [3.63, 3.8) is 0 Å². The summed E-state index contributed by atoms with van der Waals surface area (Å²) in [5.41, 5.74) is 16.9. The van der Waals surface area contributed by atoms with Gasteiger partial charge in [0, 0.05) is 32.8 Å². The van der Waals surface area contributed by atoms with E-state index in [1.165, 1.54) is 126 Å². The van der Waals surface area contributed by atoms with Gasteiger partial charge in [0.15, 0.2) is 0 Å². The molecule has 1 aliphatic rings. The molecular weight excluding hydrogens is 749 g/mol. The Bertz CT molecular complexity index is 3940. The summed E-state index contributed by atoms with van der Waals surface area (Å²) in [6.45, 7) is 0. The van der Waals surface area contributed by atoms with Crippen molar-refractivity contribution in [1.29, 1.82) is 0 Å². The third-order valence-electron chi connectivity index (χ3n) is 13.7. The second-order valence-corrected chi connectivity index (χ2v) is 16.7. The zero-order valence-electron chi connectivity index (χ0n) is 33.7. The molecule has 0 aliphatic heterocycles. The van der Waals surface area contributed by atoms with E-state index < -0.39 is 0 Å². The van der Waals surface area contributed by atoms with E-state index in [9.17, 15) is 0 Å². The van der Waals surface area contributed by atoms with Gasteiger partial charge in [-0.2, -0.15) is 0 Å². The van der Waals surface area contributed by atoms with Crippen molar-refractivity contribution in [2.45, 2.75) is 0 Å². The topological polar surface area (TPSA) is 9.86 Å². The Balaban J connectivity index is 1.17. The first-order valence-electron chi connectivity index (χ1n) is 21.5. The largest absolute Gasteiger partial charge is 0.309 e. The Hall–Kier alpha value is -8.20. The van der Waals surface area contributed by atoms with E-state index in [2.05, 4.69) is 228 Å². The third kappa shape index (κ3) is 4.53. The first kappa shape index (κ1) is 33.6. The minimum atomic E-state index is 1.14. The van der Waals surface area contributed by atoms with Crippen LogP contribution in [0.2, 0.25) is 0 Å². The highest BCUT2D eigenvalue weighted by Crippen LogP contribution is 2.53. The van der Waals surface area contributed by atoms with Crippen LogP contribution in [0.5, 0.6) is 0 Å². The fraction of sp³-hybridized carbons (Fsp3) is 0. The molecule has 2 nitrogen and oxygen atoms in total. The van der Waals surface area contributed by atoms with Gasteiger partial charge in [0.25, 0.3) is 0 Å². The van der Waals surface area contributed by atoms with Crippen molar-refractivity contribution < 1.29 is 0 Å². The van der Waals surface area contributed by atoms with Gasteiger partial charge in [-0.1, -0.05) is 164 Å². The van der Waals surface area contributed by atoms with E-state index in [0.29, 0.717) is 0 Å². The quantitative estimate of drug-likeness (QED) is 0.155. The number of benzene rings is 11. The van der Waals surface area contributed by atoms with Gasteiger partial charge in [0.1, 0.15) is 0 Å². The Kier molecular flexibility index (Phi) is 6.86. The standard InChI is InChI=1S/C60H36N2/c1-3-18-40-38(16-1)39-17-2-4-19-41(39)52-36-54-48-26-15-31-59(62-57-29-13-9-24-46(57)47-25-10-14-30-58(47)62)60(48)49-33-32-37(34-50(49)42-20-5-6-21-43(42)53(54)35-51(40)52)61-55-27-11-7-22-44(55)45-23-8-12-28-56(45)61/h1-36H. The van der Waals surface area contributed by atoms with Gasteiger partial charge in [0.05, 0.1) is 27.8 Å². The van der Waals surface area contributed by atoms with Gasteiger partial charge in [-0.05, 0) is 126 Å². The fourth-order valence-electron chi connectivity index (χ4n) is 11.1. The predicted molar refractivity (Wildman–Crippen MR) is 263 cm³/mol. The molecule has 14 rings (SSSR count). The normalized spacial score (nSPS) is 12.2. The number of fused-ring (bicyclic) bond motifs is 20. The molecule has 2 heterocycles. The number of hydrogen-bond acceptors (Lipinski definition) is 0. The molecule has 0 amide bonds. The van der Waals surface area contributed by atoms with Crippen LogP contribution in [0, 0.1) is 0 Å². The average molecular weight is 785 g/mol. The summed E-state index contributed by atoms with van der Waals surface area (Å²) in [4.78, 5) is 0. The van der Waals surface area contributed by atoms with E-state index in [0.717, 1.165) is 5.69 Å². The summed E-state index contributed by atoms with van der Waals surface area (Å²) in [7, 11) is 0. The second-order valence-electron chi connectivity index (χ2n) is 16.7. The molecular formula is C60H36N2. The highest BCUT2D eigenvalue weighted by molar-refractivity contribution is 6.27. The monoisotopic (exact) mass is 784 g/mol. The van der Waals surface area contributed by atoms with Crippen molar-refractivity contribution in [2.24, 2.45) is 0 Å². The highest BCUT2D eigenvalue weighted by Gasteiger charge is 2.28. The van der Waals surface area contributed by atoms with Crippen molar-refractivity contribution in [3.8, 4) is 55.9 Å². The predicted octanol–water partition coefficient (Wildman–Crippen LogP) is 16.3. The lowest BCUT2D eigenvalue weighted by Crippen LogP contribution is -2.04. The Labute approximate surface area is 357 Å². The number of rotatable bonds is 2. The molecule has 2 aromatic heterocycles. The van der Waals surface area contributed by atoms with Crippen LogP contribution in [0.15, 0.2) is 218 Å². The second kappa shape index (κ2) is 12.7. The van der Waals surface area contributed by atoms with Crippen molar-refractivity contribution in [2.75, 3.05) is 0 Å². The van der Waals surface area contributed by atoms with Crippen LogP contribution in [-0.4, -0.2) is 9.13 Å². The molecule has 0 fully saturated rings. The van der Waals surface area contributed by atoms with E-state index in [1.807, 2.05) is 0 Å². The van der Waals surface area contributed by atoms with E-state index in [1.54, 1.807) is 0 Å². The first-order valence-corrected chi connectivity index (χ1v) is 21.5. The van der Waals surface area contributed by atoms with Crippen molar-refractivity contribution in [3.05, 3.63) is 218 Å². The molecule has 1 aliphatic carbocycles. The summed E-state index contributed by atoms with van der Waals surface area (Å²) in [6.07, 6.45) is 0. The lowest BCUT2D eigenvalue weighted by Gasteiger charge is -2.27. The Morgan fingerprint density at radius 2 is 0.581 bits per heavy atom. The van der Waals surface area contributed by atoms with Gasteiger partial charge < -0.3 is 9.13 Å². The van der Waals surface area contributed by atoms with E-state index in [-0.39, 0.29) is 0 Å². The Morgan fingerprint density at radius 3 is 1.08 bits per heavy atom. The molecule has 11 aromatic carbocycles. The summed E-state index contributed by atoms with van der Waals surface area (Å²) >= 11 is 0. The fourth-order valence-corrected chi connectivity index (χ4v) is 11.1. The van der Waals surface area contributed by atoms with Crippen molar-refractivity contribution in [1.82, 2.24) is 9.13 Å². The molecule has 0 saturated heterocycles. The first-order chi connectivity index (χ1) is 30.8. The van der Waals surface area contributed by atoms with E-state index >= 15 is 0 Å². The number of para-hydroxylation sites is 4. The molecule has 2 heteroatoms. The summed E-state index contributed by atoms with van der Waals surface area (Å²) in [6, 6.07) is 81.5. The van der Waals surface area contributed by atoms with Gasteiger partial charge in [0.2, 0.25) is 0 Å². The maximum absolute atomic E-state index is 2.51. The van der Waals surface area contributed by atoms with Crippen LogP contribution < -0.4 is 0 Å². The smallest absolute Gasteiger partial charge is 0.0547 e. The summed E-state index contributed by atoms with van der Waals surface area (Å²) in [5, 5.41) is 12.7. The molecule has 13 aromatic rings. The van der Waals surface area contributed by atoms with Crippen LogP contribution in [0.25, 0.3) is 132 Å². The van der Waals surface area contributed by atoms with E-state index in [4.69, 9.17) is 0 Å². The average Bonchev–Trinajstić information content (AvgIpc) is 3.86. The zero-order valence-corrected chi connectivity index (χ0v) is 33.7. The minimum Gasteiger partial charge on any atom is -0.309 e. The molecule has 0 saturated carbocycles. The molecule has 62 heavy (non-hydrogen) atoms. The summed E-state index contributed by atoms with van der Waals surface area (Å²) in [5.74, 6) is 0. The molecule has 0 bridgehead atoms. The van der Waals surface area contributed by atoms with Gasteiger partial charge in [-0.25, -0.2) is 0 Å². The molecule has 0 atom stereocenters. The number of nitrogens with zero attached hydrogens (tertiary/aromatic N) is 2. The molecule has 0 spiro atoms. The number of hydrogen-bond donors (Lipinski definition) is 0. The maximum atomic E-state index is 2.51. The SMILES string of the molecule is c1ccc2c(c1)-c1cc3c4ccccc4c4ccccc4c3cc1-c1cccc(-n3c4ccccc4c4ccccc43)c1-c1ccc(-n3c4ccccc4c4ccccc43)cc1-2. The van der Waals surface area contributed by atoms with Crippen LogP contribution in [0.4, 0.5) is 0 Å². The lowest BCUT2D eigenvalue weighted by molar-refractivity contribution is 1.17. The lowest BCUT2D eigenvalue weighted by atomic mass is 9.78. The Morgan fingerprint density at radius 1 is 0.210 bits per heavy atom. The molecule has 286 valence electrons. The van der Waals surface area contributed by atoms with Gasteiger partial charge in [-0.3, -0.25) is 0 Å². The van der Waals surface area contributed by atoms with Crippen LogP contribution in [0.3, 0.4) is 0 Å². The number of aromatic nitrogens is 2. The molecule has 0 radical (unpaired) electrons. The van der Waals surface area contributed by atoms with Crippen molar-refractivity contribution >= 4 is 75.9 Å². The van der Waals surface area contributed by atoms with Gasteiger partial charge in [-0.15, -0.1) is 0 Å². The van der Waals surface area contributed by atoms with Gasteiger partial charge >= 0.3 is 0 Å². The molecule has 0 unspecified atom stereocenters. The minimum absolute atomic E-state index is 1.14. The zero-order chi connectivity index (χ0) is 40.5.